The summed E-state index contributed by atoms with van der Waals surface area (Å²) in [6, 6.07) is 0. The van der Waals surface area contributed by atoms with Crippen molar-refractivity contribution in [2.45, 2.75) is 40.2 Å². The Labute approximate surface area is 110 Å². The van der Waals surface area contributed by atoms with Crippen molar-refractivity contribution < 1.29 is 14.6 Å². The van der Waals surface area contributed by atoms with Crippen molar-refractivity contribution in [3.8, 4) is 0 Å². The first kappa shape index (κ1) is 17.2. The zero-order valence-electron chi connectivity index (χ0n) is 12.5. The van der Waals surface area contributed by atoms with Crippen LogP contribution < -0.4 is 5.32 Å². The van der Waals surface area contributed by atoms with Crippen LogP contribution in [0.5, 0.6) is 0 Å². The maximum atomic E-state index is 11.6. The van der Waals surface area contributed by atoms with Crippen LogP contribution in [-0.4, -0.2) is 55.0 Å². The number of ether oxygens (including phenoxy) is 1. The van der Waals surface area contributed by atoms with Crippen LogP contribution in [0.1, 0.15) is 34.6 Å². The summed E-state index contributed by atoms with van der Waals surface area (Å²) in [5.41, 5.74) is -0.595. The Bertz CT molecular complexity index is 259. The van der Waals surface area contributed by atoms with E-state index in [-0.39, 0.29) is 18.1 Å². The van der Waals surface area contributed by atoms with Gasteiger partial charge in [0.2, 0.25) is 0 Å². The van der Waals surface area contributed by atoms with Gasteiger partial charge in [-0.15, -0.1) is 0 Å². The molecule has 0 spiro atoms. The fourth-order valence-corrected chi connectivity index (χ4v) is 1.16. The molecule has 0 atom stereocenters. The predicted octanol–water partition coefficient (Wildman–Crippen LogP) is 1.46. The minimum atomic E-state index is -0.461. The minimum absolute atomic E-state index is 0.134. The third-order valence-electron chi connectivity index (χ3n) is 2.36. The summed E-state index contributed by atoms with van der Waals surface area (Å²) in [6.45, 7) is 11.6. The fourth-order valence-electron chi connectivity index (χ4n) is 1.16. The summed E-state index contributed by atoms with van der Waals surface area (Å²) in [7, 11) is 1.72. The van der Waals surface area contributed by atoms with Crippen LogP contribution in [0.15, 0.2) is 0 Å². The number of nitrogens with zero attached hydrogens (tertiary/aromatic N) is 1. The van der Waals surface area contributed by atoms with E-state index in [0.717, 1.165) is 0 Å². The van der Waals surface area contributed by atoms with Gasteiger partial charge in [-0.3, -0.25) is 0 Å². The van der Waals surface area contributed by atoms with E-state index in [1.54, 1.807) is 11.9 Å². The van der Waals surface area contributed by atoms with Crippen molar-refractivity contribution in [2.24, 2.45) is 5.41 Å². The number of nitrogens with one attached hydrogen (secondary N) is 1. The van der Waals surface area contributed by atoms with Crippen LogP contribution in [-0.2, 0) is 4.74 Å². The highest BCUT2D eigenvalue weighted by Crippen LogP contribution is 2.11. The van der Waals surface area contributed by atoms with Gasteiger partial charge in [0.1, 0.15) is 5.60 Å². The van der Waals surface area contributed by atoms with Crippen LogP contribution in [0.25, 0.3) is 0 Å². The van der Waals surface area contributed by atoms with Crippen LogP contribution in [0, 0.1) is 5.41 Å². The lowest BCUT2D eigenvalue weighted by Gasteiger charge is -2.26. The van der Waals surface area contributed by atoms with Crippen molar-refractivity contribution in [1.29, 1.82) is 0 Å². The standard InChI is InChI=1S/C13H28N2O3/c1-12(2,3)18-11(17)15(6)8-7-14-9-13(4,5)10-16/h14,16H,7-10H2,1-6H3. The molecule has 0 aromatic heterocycles. The highest BCUT2D eigenvalue weighted by Gasteiger charge is 2.19. The van der Waals surface area contributed by atoms with Gasteiger partial charge in [-0.05, 0) is 20.8 Å². The summed E-state index contributed by atoms with van der Waals surface area (Å²) in [5.74, 6) is 0. The first-order valence-electron chi connectivity index (χ1n) is 6.33. The second-order valence-corrected chi connectivity index (χ2v) is 6.40. The van der Waals surface area contributed by atoms with E-state index in [4.69, 9.17) is 9.84 Å². The molecule has 0 aromatic rings. The monoisotopic (exact) mass is 260 g/mol. The van der Waals surface area contributed by atoms with Crippen molar-refractivity contribution in [1.82, 2.24) is 10.2 Å². The minimum Gasteiger partial charge on any atom is -0.444 e. The lowest BCUT2D eigenvalue weighted by Crippen LogP contribution is -2.40. The molecule has 0 radical (unpaired) electrons. The summed E-state index contributed by atoms with van der Waals surface area (Å²) < 4.78 is 5.24. The Balaban J connectivity index is 3.84. The predicted molar refractivity (Wildman–Crippen MR) is 72.6 cm³/mol. The Morgan fingerprint density at radius 2 is 1.83 bits per heavy atom. The molecule has 5 heteroatoms. The molecule has 5 nitrogen and oxygen atoms in total. The Hall–Kier alpha value is -0.810. The van der Waals surface area contributed by atoms with E-state index in [9.17, 15) is 4.79 Å². The van der Waals surface area contributed by atoms with Crippen LogP contribution >= 0.6 is 0 Å². The van der Waals surface area contributed by atoms with Crippen LogP contribution in [0.2, 0.25) is 0 Å². The molecule has 108 valence electrons. The highest BCUT2D eigenvalue weighted by molar-refractivity contribution is 5.67. The quantitative estimate of drug-likeness (QED) is 0.710. The number of amides is 1. The van der Waals surface area contributed by atoms with Gasteiger partial charge in [-0.1, -0.05) is 13.8 Å². The zero-order valence-corrected chi connectivity index (χ0v) is 12.5. The summed E-state index contributed by atoms with van der Waals surface area (Å²) >= 11 is 0. The normalized spacial score (nSPS) is 12.4. The Morgan fingerprint density at radius 1 is 1.28 bits per heavy atom. The summed E-state index contributed by atoms with van der Waals surface area (Å²) in [6.07, 6.45) is -0.314. The lowest BCUT2D eigenvalue weighted by molar-refractivity contribution is 0.0299. The molecule has 0 aliphatic carbocycles. The molecular formula is C13H28N2O3. The molecule has 0 heterocycles. The smallest absolute Gasteiger partial charge is 0.410 e. The molecule has 2 N–H and O–H groups in total. The molecule has 0 saturated carbocycles. The first-order chi connectivity index (χ1) is 8.07. The first-order valence-corrected chi connectivity index (χ1v) is 6.33. The third kappa shape index (κ3) is 8.31. The van der Waals surface area contributed by atoms with Gasteiger partial charge in [0, 0.05) is 38.7 Å². The van der Waals surface area contributed by atoms with Gasteiger partial charge < -0.3 is 20.1 Å². The molecule has 0 saturated heterocycles. The average Bonchev–Trinajstić information content (AvgIpc) is 2.21. The van der Waals surface area contributed by atoms with Gasteiger partial charge in [0.25, 0.3) is 0 Å². The maximum Gasteiger partial charge on any atom is 0.410 e. The average molecular weight is 260 g/mol. The maximum absolute atomic E-state index is 11.6. The lowest BCUT2D eigenvalue weighted by atomic mass is 9.95. The van der Waals surface area contributed by atoms with E-state index >= 15 is 0 Å². The van der Waals surface area contributed by atoms with Gasteiger partial charge in [0.05, 0.1) is 0 Å². The molecule has 0 fully saturated rings. The van der Waals surface area contributed by atoms with Crippen molar-refractivity contribution in [3.05, 3.63) is 0 Å². The van der Waals surface area contributed by atoms with Gasteiger partial charge in [-0.2, -0.15) is 0 Å². The van der Waals surface area contributed by atoms with Crippen LogP contribution in [0.4, 0.5) is 4.79 Å². The molecule has 0 aromatic carbocycles. The molecule has 18 heavy (non-hydrogen) atoms. The topological polar surface area (TPSA) is 61.8 Å². The summed E-state index contributed by atoms with van der Waals surface area (Å²) in [5, 5.41) is 12.3. The summed E-state index contributed by atoms with van der Waals surface area (Å²) in [4.78, 5) is 13.2. The van der Waals surface area contributed by atoms with E-state index in [2.05, 4.69) is 5.32 Å². The van der Waals surface area contributed by atoms with E-state index < -0.39 is 5.60 Å². The molecule has 1 amide bonds. The number of carbonyl (C=O) groups is 1. The highest BCUT2D eigenvalue weighted by atomic mass is 16.6. The van der Waals surface area contributed by atoms with Crippen molar-refractivity contribution in [3.63, 3.8) is 0 Å². The number of aliphatic hydroxyl groups excluding tert-OH is 1. The second-order valence-electron chi connectivity index (χ2n) is 6.40. The fraction of sp³-hybridized carbons (Fsp3) is 0.923. The van der Waals surface area contributed by atoms with Gasteiger partial charge in [-0.25, -0.2) is 4.79 Å². The number of hydrogen-bond acceptors (Lipinski definition) is 4. The molecule has 0 bridgehead atoms. The number of hydrogen-bond donors (Lipinski definition) is 2. The molecule has 0 unspecified atom stereocenters. The Kier molecular flexibility index (Phi) is 6.63. The van der Waals surface area contributed by atoms with Gasteiger partial charge >= 0.3 is 6.09 Å². The number of rotatable bonds is 6. The van der Waals surface area contributed by atoms with Crippen molar-refractivity contribution >= 4 is 6.09 Å². The van der Waals surface area contributed by atoms with E-state index in [1.165, 1.54) is 0 Å². The molecule has 0 aliphatic rings. The zero-order chi connectivity index (χ0) is 14.4. The molecule has 0 aliphatic heterocycles. The number of carbonyl (C=O) groups excluding carboxylic acids is 1. The van der Waals surface area contributed by atoms with Gasteiger partial charge in [0.15, 0.2) is 0 Å². The second kappa shape index (κ2) is 6.95. The Morgan fingerprint density at radius 3 is 2.28 bits per heavy atom. The van der Waals surface area contributed by atoms with Crippen molar-refractivity contribution in [2.75, 3.05) is 33.3 Å². The molecular weight excluding hydrogens is 232 g/mol. The van der Waals surface area contributed by atoms with E-state index in [0.29, 0.717) is 19.6 Å². The SMILES string of the molecule is CN(CCNCC(C)(C)CO)C(=O)OC(C)(C)C. The molecule has 0 rings (SSSR count). The largest absolute Gasteiger partial charge is 0.444 e. The number of likely N-dealkylation sites (N-methyl/N-ethyl adjacent to an activating group) is 1. The van der Waals surface area contributed by atoms with E-state index in [1.807, 2.05) is 34.6 Å². The number of aliphatic hydroxyl groups is 1. The third-order valence-corrected chi connectivity index (χ3v) is 2.36. The van der Waals surface area contributed by atoms with Crippen LogP contribution in [0.3, 0.4) is 0 Å².